The maximum absolute atomic E-state index is 13.3. The van der Waals surface area contributed by atoms with Crippen molar-refractivity contribution in [3.63, 3.8) is 0 Å². The molecule has 0 bridgehead atoms. The number of benzene rings is 2. The first-order valence-corrected chi connectivity index (χ1v) is 19.3. The van der Waals surface area contributed by atoms with Crippen LogP contribution in [0.4, 0.5) is 17.3 Å². The Bertz CT molecular complexity index is 2410. The molecule has 2 aromatic carbocycles. The lowest BCUT2D eigenvalue weighted by atomic mass is 9.96. The van der Waals surface area contributed by atoms with Crippen LogP contribution in [0.3, 0.4) is 0 Å². The number of fused-ring (bicyclic) bond motifs is 2. The van der Waals surface area contributed by atoms with Crippen molar-refractivity contribution < 1.29 is 24.0 Å². The summed E-state index contributed by atoms with van der Waals surface area (Å²) in [7, 11) is 0. The SMILES string of the molecule is N#CC[C@H](C1CCCC1)n1cc(-c2nc(Nc3ccc(C(=O)NCCCCNc4cccc5c4C(=O)N(C4CCC(=O)NC4=O)C5=O)cc3)nc3[nH]ccc23)cn1. The van der Waals surface area contributed by atoms with Gasteiger partial charge in [0.1, 0.15) is 11.7 Å². The lowest BCUT2D eigenvalue weighted by Gasteiger charge is -2.27. The second-order valence-electron chi connectivity index (χ2n) is 14.6. The van der Waals surface area contributed by atoms with E-state index in [2.05, 4.69) is 42.4 Å². The van der Waals surface area contributed by atoms with Gasteiger partial charge in [-0.15, -0.1) is 0 Å². The number of aromatic amines is 1. The summed E-state index contributed by atoms with van der Waals surface area (Å²) in [6.45, 7) is 0.907. The van der Waals surface area contributed by atoms with Gasteiger partial charge >= 0.3 is 0 Å². The third-order valence-electron chi connectivity index (χ3n) is 11.0. The number of hydrogen-bond acceptors (Lipinski definition) is 11. The first-order chi connectivity index (χ1) is 27.8. The zero-order valence-corrected chi connectivity index (χ0v) is 31.1. The van der Waals surface area contributed by atoms with Crippen LogP contribution >= 0.6 is 0 Å². The van der Waals surface area contributed by atoms with Crippen LogP contribution in [-0.4, -0.2) is 78.3 Å². The molecule has 57 heavy (non-hydrogen) atoms. The number of anilines is 3. The van der Waals surface area contributed by atoms with Gasteiger partial charge in [0.15, 0.2) is 0 Å². The van der Waals surface area contributed by atoms with E-state index in [1.165, 1.54) is 12.8 Å². The molecule has 16 nitrogen and oxygen atoms in total. The third kappa shape index (κ3) is 7.56. The lowest BCUT2D eigenvalue weighted by molar-refractivity contribution is -0.136. The van der Waals surface area contributed by atoms with Crippen LogP contribution in [0.25, 0.3) is 22.3 Å². The Morgan fingerprint density at radius 3 is 2.56 bits per heavy atom. The molecule has 1 saturated carbocycles. The van der Waals surface area contributed by atoms with Crippen molar-refractivity contribution in [3.05, 3.63) is 83.8 Å². The number of amides is 5. The number of hydrogen-bond donors (Lipinski definition) is 5. The Labute approximate surface area is 327 Å². The molecule has 5 N–H and O–H groups in total. The second-order valence-corrected chi connectivity index (χ2v) is 14.6. The molecule has 1 unspecified atom stereocenters. The molecular weight excluding hydrogens is 727 g/mol. The predicted octanol–water partition coefficient (Wildman–Crippen LogP) is 5.23. The zero-order chi connectivity index (χ0) is 39.5. The Balaban J connectivity index is 0.835. The van der Waals surface area contributed by atoms with E-state index in [1.54, 1.807) is 48.7 Å². The number of nitrogens with one attached hydrogen (secondary N) is 5. The standard InChI is InChI=1S/C41H41N11O5/c42-18-16-31(24-6-1-2-7-24)51-23-26(22-46-51)35-29-17-21-44-36(29)50-41(49-35)47-27-12-10-25(11-13-27)37(54)45-20-4-3-19-43-30-9-5-8-28-34(30)40(57)52(39(28)56)32-14-15-33(53)48-38(32)55/h5,8-13,17,21-24,31-32,43H,1-4,6-7,14-16,19-20H2,(H,45,54)(H,48,53,55)(H2,44,47,49,50)/t31-,32?/m1/s1. The zero-order valence-electron chi connectivity index (χ0n) is 31.1. The summed E-state index contributed by atoms with van der Waals surface area (Å²) in [6, 6.07) is 15.3. The highest BCUT2D eigenvalue weighted by Crippen LogP contribution is 2.37. The van der Waals surface area contributed by atoms with E-state index < -0.39 is 29.7 Å². The number of piperidine rings is 1. The number of unbranched alkanes of at least 4 members (excludes halogenated alkanes) is 1. The van der Waals surface area contributed by atoms with E-state index >= 15 is 0 Å². The van der Waals surface area contributed by atoms with Crippen molar-refractivity contribution in [2.24, 2.45) is 5.92 Å². The summed E-state index contributed by atoms with van der Waals surface area (Å²) in [5, 5.41) is 26.7. The fourth-order valence-corrected chi connectivity index (χ4v) is 8.04. The topological polar surface area (TPSA) is 220 Å². The van der Waals surface area contributed by atoms with E-state index in [9.17, 15) is 29.2 Å². The number of carbonyl (C=O) groups excluding carboxylic acids is 5. The van der Waals surface area contributed by atoms with Crippen molar-refractivity contribution in [2.45, 2.75) is 69.9 Å². The Hall–Kier alpha value is -6.89. The number of rotatable bonds is 14. The second kappa shape index (κ2) is 16.1. The third-order valence-corrected chi connectivity index (χ3v) is 11.0. The number of H-pyrrole nitrogens is 1. The predicted molar refractivity (Wildman–Crippen MR) is 209 cm³/mol. The Morgan fingerprint density at radius 2 is 1.77 bits per heavy atom. The number of carbonyl (C=O) groups is 5. The van der Waals surface area contributed by atoms with Gasteiger partial charge in [0.25, 0.3) is 17.7 Å². The quantitative estimate of drug-likeness (QED) is 0.0727. The number of imide groups is 2. The summed E-state index contributed by atoms with van der Waals surface area (Å²) in [4.78, 5) is 77.0. The van der Waals surface area contributed by atoms with E-state index in [0.29, 0.717) is 66.8 Å². The molecular formula is C41H41N11O5. The molecule has 8 rings (SSSR count). The molecule has 2 aliphatic heterocycles. The first kappa shape index (κ1) is 37.1. The van der Waals surface area contributed by atoms with Gasteiger partial charge < -0.3 is 20.9 Å². The normalized spacial score (nSPS) is 17.4. The summed E-state index contributed by atoms with van der Waals surface area (Å²) in [6.07, 6.45) is 12.0. The smallest absolute Gasteiger partial charge is 0.264 e. The highest BCUT2D eigenvalue weighted by atomic mass is 16.2. The highest BCUT2D eigenvalue weighted by molar-refractivity contribution is 6.25. The molecule has 1 saturated heterocycles. The molecule has 3 aromatic heterocycles. The molecule has 5 heterocycles. The van der Waals surface area contributed by atoms with Gasteiger partial charge in [0, 0.05) is 59.8 Å². The molecule has 290 valence electrons. The molecule has 5 aromatic rings. The number of nitrogens with zero attached hydrogens (tertiary/aromatic N) is 6. The largest absolute Gasteiger partial charge is 0.384 e. The average molecular weight is 768 g/mol. The molecule has 0 spiro atoms. The van der Waals surface area contributed by atoms with Gasteiger partial charge in [-0.05, 0) is 80.5 Å². The molecule has 2 atom stereocenters. The fourth-order valence-electron chi connectivity index (χ4n) is 8.04. The van der Waals surface area contributed by atoms with Crippen LogP contribution in [0.15, 0.2) is 67.1 Å². The molecule has 0 radical (unpaired) electrons. The Kier molecular flexibility index (Phi) is 10.4. The van der Waals surface area contributed by atoms with E-state index in [-0.39, 0.29) is 35.9 Å². The molecule has 5 amide bonds. The maximum atomic E-state index is 13.3. The summed E-state index contributed by atoms with van der Waals surface area (Å²) < 4.78 is 1.92. The van der Waals surface area contributed by atoms with Crippen LogP contribution in [0.5, 0.6) is 0 Å². The van der Waals surface area contributed by atoms with Crippen LogP contribution in [-0.2, 0) is 9.59 Å². The van der Waals surface area contributed by atoms with Crippen LogP contribution in [0, 0.1) is 17.2 Å². The van der Waals surface area contributed by atoms with E-state index in [0.717, 1.165) is 34.4 Å². The van der Waals surface area contributed by atoms with Crippen molar-refractivity contribution in [1.29, 1.82) is 5.26 Å². The van der Waals surface area contributed by atoms with Crippen LogP contribution in [0.1, 0.15) is 94.9 Å². The van der Waals surface area contributed by atoms with Crippen LogP contribution in [0.2, 0.25) is 0 Å². The van der Waals surface area contributed by atoms with Crippen LogP contribution < -0.4 is 21.3 Å². The van der Waals surface area contributed by atoms with Gasteiger partial charge in [-0.2, -0.15) is 15.3 Å². The van der Waals surface area contributed by atoms with Gasteiger partial charge in [0.2, 0.25) is 17.8 Å². The summed E-state index contributed by atoms with van der Waals surface area (Å²) in [5.74, 6) is -1.59. The molecule has 2 fully saturated rings. The first-order valence-electron chi connectivity index (χ1n) is 19.3. The van der Waals surface area contributed by atoms with Gasteiger partial charge in [-0.1, -0.05) is 18.9 Å². The average Bonchev–Trinajstić information content (AvgIpc) is 4.05. The number of aromatic nitrogens is 5. The van der Waals surface area contributed by atoms with Crippen molar-refractivity contribution in [1.82, 2.24) is 40.3 Å². The van der Waals surface area contributed by atoms with Crippen molar-refractivity contribution >= 4 is 57.9 Å². The maximum Gasteiger partial charge on any atom is 0.264 e. The molecule has 16 heteroatoms. The minimum absolute atomic E-state index is 0.0333. The van der Waals surface area contributed by atoms with Crippen molar-refractivity contribution in [3.8, 4) is 17.3 Å². The molecule has 3 aliphatic rings. The summed E-state index contributed by atoms with van der Waals surface area (Å²) in [5.41, 5.74) is 4.33. The monoisotopic (exact) mass is 767 g/mol. The van der Waals surface area contributed by atoms with Gasteiger partial charge in [0.05, 0.1) is 41.5 Å². The number of nitriles is 1. The van der Waals surface area contributed by atoms with Crippen molar-refractivity contribution in [2.75, 3.05) is 23.7 Å². The fraction of sp³-hybridized carbons (Fsp3) is 0.341. The van der Waals surface area contributed by atoms with Gasteiger partial charge in [-0.3, -0.25) is 38.9 Å². The Morgan fingerprint density at radius 1 is 0.965 bits per heavy atom. The van der Waals surface area contributed by atoms with Gasteiger partial charge in [-0.25, -0.2) is 4.98 Å². The lowest BCUT2D eigenvalue weighted by Crippen LogP contribution is -2.54. The minimum Gasteiger partial charge on any atom is -0.384 e. The van der Waals surface area contributed by atoms with E-state index in [4.69, 9.17) is 4.98 Å². The highest BCUT2D eigenvalue weighted by Gasteiger charge is 2.45. The summed E-state index contributed by atoms with van der Waals surface area (Å²) >= 11 is 0. The minimum atomic E-state index is -1.03. The molecule has 1 aliphatic carbocycles. The van der Waals surface area contributed by atoms with E-state index in [1.807, 2.05) is 23.1 Å².